The molecule has 3 aromatic carbocycles. The molecule has 0 spiro atoms. The number of nitrogens with zero attached hydrogens (tertiary/aromatic N) is 3. The number of fused-ring (bicyclic) bond motifs is 3. The van der Waals surface area contributed by atoms with Gasteiger partial charge in [0.15, 0.2) is 0 Å². The van der Waals surface area contributed by atoms with Gasteiger partial charge in [-0.3, -0.25) is 14.5 Å². The molecule has 9 heteroatoms. The van der Waals surface area contributed by atoms with Crippen LogP contribution < -0.4 is 4.90 Å². The Bertz CT molecular complexity index is 1420. The van der Waals surface area contributed by atoms with E-state index in [0.29, 0.717) is 44.7 Å². The van der Waals surface area contributed by atoms with E-state index >= 15 is 0 Å². The Hall–Kier alpha value is -3.98. The highest BCUT2D eigenvalue weighted by atomic mass is 19.1. The topological polar surface area (TPSA) is 90.4 Å². The molecule has 0 aliphatic carbocycles. The zero-order valence-electron chi connectivity index (χ0n) is 20.8. The average Bonchev–Trinajstić information content (AvgIpc) is 2.92. The van der Waals surface area contributed by atoms with Gasteiger partial charge in [0.05, 0.1) is 17.8 Å². The summed E-state index contributed by atoms with van der Waals surface area (Å²) in [6.45, 7) is 1.29. The molecular formula is C29H28FN3O5. The zero-order chi connectivity index (χ0) is 26.4. The standard InChI is InChI=1S/C29H28FN3O5/c30-22-7-3-4-18(14-22)8-11-31-17-25-32(29(36)37)24-16-21-6-2-1-5-20(21)15-23(24)27(34)33(25)26(28(31)35)19-9-12-38-13-10-19/h1-7,14-16,19,25-26H,8-13,17H2,(H,36,37)/t25?,26-/m0/s1. The Morgan fingerprint density at radius 3 is 2.45 bits per heavy atom. The van der Waals surface area contributed by atoms with Gasteiger partial charge in [-0.25, -0.2) is 9.18 Å². The van der Waals surface area contributed by atoms with Gasteiger partial charge >= 0.3 is 6.09 Å². The molecule has 1 N–H and O–H groups in total. The lowest BCUT2D eigenvalue weighted by Gasteiger charge is -2.53. The maximum atomic E-state index is 14.0. The van der Waals surface area contributed by atoms with E-state index in [2.05, 4.69) is 0 Å². The van der Waals surface area contributed by atoms with Crippen LogP contribution in [-0.2, 0) is 16.0 Å². The number of hydrogen-bond acceptors (Lipinski definition) is 4. The molecule has 38 heavy (non-hydrogen) atoms. The van der Waals surface area contributed by atoms with E-state index in [0.717, 1.165) is 16.3 Å². The van der Waals surface area contributed by atoms with Crippen LogP contribution >= 0.6 is 0 Å². The largest absolute Gasteiger partial charge is 0.465 e. The van der Waals surface area contributed by atoms with Crippen LogP contribution in [-0.4, -0.2) is 71.3 Å². The summed E-state index contributed by atoms with van der Waals surface area (Å²) < 4.78 is 19.3. The fourth-order valence-corrected chi connectivity index (χ4v) is 6.08. The molecule has 0 bridgehead atoms. The highest BCUT2D eigenvalue weighted by Gasteiger charge is 2.53. The molecule has 2 fully saturated rings. The first-order chi connectivity index (χ1) is 18.4. The van der Waals surface area contributed by atoms with Crippen molar-refractivity contribution in [3.05, 3.63) is 77.6 Å². The Morgan fingerprint density at radius 2 is 1.74 bits per heavy atom. The summed E-state index contributed by atoms with van der Waals surface area (Å²) in [5, 5.41) is 12.0. The smallest absolute Gasteiger partial charge is 0.413 e. The Kier molecular flexibility index (Phi) is 6.23. The second kappa shape index (κ2) is 9.72. The van der Waals surface area contributed by atoms with Crippen LogP contribution in [0.5, 0.6) is 0 Å². The SMILES string of the molecule is O=C1[C@H](C2CCOCC2)N2C(=O)c3cc4ccccc4cc3N(C(=O)O)C2CN1CCc1cccc(F)c1. The zero-order valence-corrected chi connectivity index (χ0v) is 20.8. The number of benzene rings is 3. The molecule has 2 atom stereocenters. The fourth-order valence-electron chi connectivity index (χ4n) is 6.08. The van der Waals surface area contributed by atoms with Gasteiger partial charge in [-0.15, -0.1) is 0 Å². The quantitative estimate of drug-likeness (QED) is 0.562. The van der Waals surface area contributed by atoms with Crippen molar-refractivity contribution in [2.24, 2.45) is 5.92 Å². The van der Waals surface area contributed by atoms with Gasteiger partial charge in [-0.1, -0.05) is 36.4 Å². The number of anilines is 1. The van der Waals surface area contributed by atoms with Crippen LogP contribution in [0.15, 0.2) is 60.7 Å². The van der Waals surface area contributed by atoms with Gasteiger partial charge in [0.2, 0.25) is 5.91 Å². The van der Waals surface area contributed by atoms with E-state index in [1.54, 1.807) is 29.2 Å². The molecular weight excluding hydrogens is 489 g/mol. The van der Waals surface area contributed by atoms with Crippen LogP contribution in [0.4, 0.5) is 14.9 Å². The fraction of sp³-hybridized carbons (Fsp3) is 0.345. The summed E-state index contributed by atoms with van der Waals surface area (Å²) in [7, 11) is 0. The van der Waals surface area contributed by atoms with Crippen LogP contribution in [0.3, 0.4) is 0 Å². The molecule has 196 valence electrons. The van der Waals surface area contributed by atoms with Crippen molar-refractivity contribution in [2.45, 2.75) is 31.5 Å². The predicted molar refractivity (Wildman–Crippen MR) is 138 cm³/mol. The van der Waals surface area contributed by atoms with Crippen molar-refractivity contribution in [3.8, 4) is 0 Å². The van der Waals surface area contributed by atoms with Crippen LogP contribution in [0.1, 0.15) is 28.8 Å². The lowest BCUT2D eigenvalue weighted by molar-refractivity contribution is -0.147. The highest BCUT2D eigenvalue weighted by Crippen LogP contribution is 2.40. The molecule has 2 saturated heterocycles. The first-order valence-corrected chi connectivity index (χ1v) is 12.9. The Balaban J connectivity index is 1.42. The summed E-state index contributed by atoms with van der Waals surface area (Å²) in [4.78, 5) is 45.1. The molecule has 1 unspecified atom stereocenters. The number of rotatable bonds is 4. The van der Waals surface area contributed by atoms with E-state index < -0.39 is 18.3 Å². The minimum absolute atomic E-state index is 0.0399. The summed E-state index contributed by atoms with van der Waals surface area (Å²) >= 11 is 0. The first kappa shape index (κ1) is 24.4. The number of carbonyl (C=O) groups excluding carboxylic acids is 2. The van der Waals surface area contributed by atoms with Gasteiger partial charge in [0.25, 0.3) is 5.91 Å². The second-order valence-electron chi connectivity index (χ2n) is 10.1. The summed E-state index contributed by atoms with van der Waals surface area (Å²) in [5.41, 5.74) is 1.35. The number of piperazine rings is 1. The van der Waals surface area contributed by atoms with Crippen molar-refractivity contribution in [1.29, 1.82) is 0 Å². The highest BCUT2D eigenvalue weighted by molar-refractivity contribution is 6.11. The lowest BCUT2D eigenvalue weighted by atomic mass is 9.85. The molecule has 8 nitrogen and oxygen atoms in total. The van der Waals surface area contributed by atoms with E-state index in [4.69, 9.17) is 4.74 Å². The van der Waals surface area contributed by atoms with Gasteiger partial charge in [0.1, 0.15) is 18.0 Å². The molecule has 0 radical (unpaired) electrons. The molecule has 6 rings (SSSR count). The number of ether oxygens (including phenoxy) is 1. The number of amides is 3. The third-order valence-corrected chi connectivity index (χ3v) is 7.93. The van der Waals surface area contributed by atoms with Crippen molar-refractivity contribution < 1.29 is 28.6 Å². The van der Waals surface area contributed by atoms with Crippen molar-refractivity contribution in [1.82, 2.24) is 9.80 Å². The minimum Gasteiger partial charge on any atom is -0.465 e. The monoisotopic (exact) mass is 517 g/mol. The third-order valence-electron chi connectivity index (χ3n) is 7.93. The van der Waals surface area contributed by atoms with E-state index in [1.807, 2.05) is 24.3 Å². The average molecular weight is 518 g/mol. The first-order valence-electron chi connectivity index (χ1n) is 12.9. The summed E-state index contributed by atoms with van der Waals surface area (Å²) in [6, 6.07) is 16.4. The van der Waals surface area contributed by atoms with Gasteiger partial charge < -0.3 is 19.6 Å². The Morgan fingerprint density at radius 1 is 1.00 bits per heavy atom. The van der Waals surface area contributed by atoms with E-state index in [9.17, 15) is 23.9 Å². The van der Waals surface area contributed by atoms with Crippen molar-refractivity contribution >= 4 is 34.4 Å². The molecule has 0 saturated carbocycles. The number of hydrogen-bond donors (Lipinski definition) is 1. The Labute approximate surface area is 219 Å². The normalized spacial score (nSPS) is 22.0. The number of carbonyl (C=O) groups is 3. The molecule has 3 aliphatic heterocycles. The summed E-state index contributed by atoms with van der Waals surface area (Å²) in [6.07, 6.45) is -0.440. The molecule has 3 aromatic rings. The molecule has 3 amide bonds. The van der Waals surface area contributed by atoms with Gasteiger partial charge in [-0.05, 0) is 65.8 Å². The molecule has 3 heterocycles. The number of halogens is 1. The maximum absolute atomic E-state index is 14.0. The third kappa shape index (κ3) is 4.16. The van der Waals surface area contributed by atoms with Gasteiger partial charge in [-0.2, -0.15) is 0 Å². The number of carboxylic acid groups (broad SMARTS) is 1. The van der Waals surface area contributed by atoms with Crippen molar-refractivity contribution in [2.75, 3.05) is 31.2 Å². The van der Waals surface area contributed by atoms with E-state index in [1.165, 1.54) is 21.9 Å². The predicted octanol–water partition coefficient (Wildman–Crippen LogP) is 4.13. The van der Waals surface area contributed by atoms with E-state index in [-0.39, 0.29) is 35.7 Å². The van der Waals surface area contributed by atoms with Gasteiger partial charge in [0, 0.05) is 19.8 Å². The molecule has 0 aromatic heterocycles. The van der Waals surface area contributed by atoms with Crippen LogP contribution in [0.25, 0.3) is 10.8 Å². The maximum Gasteiger partial charge on any atom is 0.413 e. The second-order valence-corrected chi connectivity index (χ2v) is 10.1. The molecule has 3 aliphatic rings. The van der Waals surface area contributed by atoms with Crippen LogP contribution in [0, 0.1) is 11.7 Å². The summed E-state index contributed by atoms with van der Waals surface area (Å²) in [5.74, 6) is -1.04. The van der Waals surface area contributed by atoms with Crippen molar-refractivity contribution in [3.63, 3.8) is 0 Å². The van der Waals surface area contributed by atoms with Crippen LogP contribution in [0.2, 0.25) is 0 Å². The lowest BCUT2D eigenvalue weighted by Crippen LogP contribution is -2.72. The minimum atomic E-state index is -1.19.